The van der Waals surface area contributed by atoms with Crippen LogP contribution in [0.5, 0.6) is 0 Å². The summed E-state index contributed by atoms with van der Waals surface area (Å²) >= 11 is 8.06. The number of fused-ring (bicyclic) bond motifs is 1. The molecule has 0 amide bonds. The number of nitrogens with zero attached hydrogens (tertiary/aromatic N) is 4. The van der Waals surface area contributed by atoms with Crippen molar-refractivity contribution in [2.45, 2.75) is 31.1 Å². The minimum atomic E-state index is -3.20. The van der Waals surface area contributed by atoms with Gasteiger partial charge in [0.25, 0.3) is 0 Å². The number of anilines is 1. The second-order valence-electron chi connectivity index (χ2n) is 9.36. The van der Waals surface area contributed by atoms with Gasteiger partial charge in [0, 0.05) is 44.0 Å². The lowest BCUT2D eigenvalue weighted by atomic mass is 10.1. The van der Waals surface area contributed by atoms with Crippen molar-refractivity contribution in [3.63, 3.8) is 0 Å². The summed E-state index contributed by atoms with van der Waals surface area (Å²) in [5.41, 5.74) is 1.65. The number of likely N-dealkylation sites (N-methyl/N-ethyl adjacent to an activating group) is 1. The predicted octanol–water partition coefficient (Wildman–Crippen LogP) is 3.64. The zero-order valence-electron chi connectivity index (χ0n) is 19.8. The van der Waals surface area contributed by atoms with E-state index in [0.717, 1.165) is 79.1 Å². The van der Waals surface area contributed by atoms with Gasteiger partial charge in [-0.1, -0.05) is 23.7 Å². The molecule has 2 aromatic heterocycles. The van der Waals surface area contributed by atoms with Crippen molar-refractivity contribution in [2.75, 3.05) is 51.6 Å². The summed E-state index contributed by atoms with van der Waals surface area (Å²) in [7, 11) is -1.03. The van der Waals surface area contributed by atoms with Crippen LogP contribution in [0.25, 0.3) is 20.7 Å². The lowest BCUT2D eigenvalue weighted by Crippen LogP contribution is -2.44. The highest BCUT2D eigenvalue weighted by Crippen LogP contribution is 2.36. The van der Waals surface area contributed by atoms with Crippen molar-refractivity contribution in [3.8, 4) is 10.6 Å². The van der Waals surface area contributed by atoms with Gasteiger partial charge in [0.2, 0.25) is 16.0 Å². The van der Waals surface area contributed by atoms with Gasteiger partial charge in [0.1, 0.15) is 5.69 Å². The number of piperazine rings is 1. The maximum Gasteiger partial charge on any atom is 0.223 e. The van der Waals surface area contributed by atoms with E-state index in [1.54, 1.807) is 17.5 Å². The lowest BCUT2D eigenvalue weighted by molar-refractivity contribution is 0.154. The summed E-state index contributed by atoms with van der Waals surface area (Å²) in [6.07, 6.45) is 4.20. The molecule has 1 aliphatic carbocycles. The quantitative estimate of drug-likeness (QED) is 0.384. The van der Waals surface area contributed by atoms with Gasteiger partial charge in [-0.3, -0.25) is 0 Å². The average molecular weight is 535 g/mol. The Morgan fingerprint density at radius 3 is 2.74 bits per heavy atom. The first-order valence-electron chi connectivity index (χ1n) is 12.1. The minimum Gasteiger partial charge on any atom is -0.354 e. The number of hydrogen-bond acceptors (Lipinski definition) is 8. The number of benzene rings is 1. The molecule has 1 aliphatic heterocycles. The maximum atomic E-state index is 12.1. The van der Waals surface area contributed by atoms with Gasteiger partial charge in [0.05, 0.1) is 21.3 Å². The molecule has 1 saturated heterocycles. The zero-order valence-corrected chi connectivity index (χ0v) is 22.2. The third kappa shape index (κ3) is 6.31. The number of sulfonamides is 1. The SMILES string of the molecule is CN1CCN(CCCNc2ncc(Cl)c(-c3cc4ccc(CNS(=O)(=O)C5CC5)cc4s3)n2)CC1. The van der Waals surface area contributed by atoms with E-state index in [2.05, 4.69) is 37.9 Å². The van der Waals surface area contributed by atoms with Crippen molar-refractivity contribution in [2.24, 2.45) is 0 Å². The molecule has 0 radical (unpaired) electrons. The zero-order chi connectivity index (χ0) is 24.4. The first-order chi connectivity index (χ1) is 16.9. The van der Waals surface area contributed by atoms with Crippen LogP contribution >= 0.6 is 22.9 Å². The molecule has 0 unspecified atom stereocenters. The summed E-state index contributed by atoms with van der Waals surface area (Å²) in [5.74, 6) is 0.579. The predicted molar refractivity (Wildman–Crippen MR) is 144 cm³/mol. The molecule has 11 heteroatoms. The van der Waals surface area contributed by atoms with Gasteiger partial charge in [-0.2, -0.15) is 0 Å². The second kappa shape index (κ2) is 10.7. The van der Waals surface area contributed by atoms with E-state index < -0.39 is 10.0 Å². The Balaban J connectivity index is 1.22. The van der Waals surface area contributed by atoms with Crippen LogP contribution in [0.3, 0.4) is 0 Å². The second-order valence-corrected chi connectivity index (χ2v) is 12.9. The summed E-state index contributed by atoms with van der Waals surface area (Å²) in [6, 6.07) is 8.08. The summed E-state index contributed by atoms with van der Waals surface area (Å²) in [5, 5.41) is 4.72. The molecule has 5 rings (SSSR count). The monoisotopic (exact) mass is 534 g/mol. The number of hydrogen-bond donors (Lipinski definition) is 2. The third-order valence-corrected chi connectivity index (χ3v) is 9.81. The van der Waals surface area contributed by atoms with Crippen LogP contribution in [0.1, 0.15) is 24.8 Å². The average Bonchev–Trinajstić information content (AvgIpc) is 3.63. The summed E-state index contributed by atoms with van der Waals surface area (Å²) < 4.78 is 28.0. The van der Waals surface area contributed by atoms with Crippen LogP contribution in [0.2, 0.25) is 5.02 Å². The van der Waals surface area contributed by atoms with Gasteiger partial charge in [-0.05, 0) is 55.9 Å². The Hall–Kier alpha value is -1.82. The van der Waals surface area contributed by atoms with E-state index in [1.807, 2.05) is 18.2 Å². The van der Waals surface area contributed by atoms with E-state index in [-0.39, 0.29) is 5.25 Å². The third-order valence-electron chi connectivity index (χ3n) is 6.53. The van der Waals surface area contributed by atoms with Gasteiger partial charge < -0.3 is 15.1 Å². The van der Waals surface area contributed by atoms with E-state index >= 15 is 0 Å². The summed E-state index contributed by atoms with van der Waals surface area (Å²) in [6.45, 7) is 6.68. The normalized spacial score (nSPS) is 17.8. The van der Waals surface area contributed by atoms with Crippen molar-refractivity contribution in [1.82, 2.24) is 24.5 Å². The van der Waals surface area contributed by atoms with Gasteiger partial charge in [-0.25, -0.2) is 23.1 Å². The smallest absolute Gasteiger partial charge is 0.223 e. The minimum absolute atomic E-state index is 0.214. The molecular formula is C24H31ClN6O2S2. The maximum absolute atomic E-state index is 12.1. The van der Waals surface area contributed by atoms with E-state index in [9.17, 15) is 8.42 Å². The number of halogens is 1. The molecule has 0 atom stereocenters. The van der Waals surface area contributed by atoms with Gasteiger partial charge in [-0.15, -0.1) is 11.3 Å². The Labute approximate surface area is 215 Å². The van der Waals surface area contributed by atoms with Crippen LogP contribution in [0.4, 0.5) is 5.95 Å². The van der Waals surface area contributed by atoms with Crippen molar-refractivity contribution >= 4 is 49.0 Å². The first kappa shape index (κ1) is 24.9. The highest BCUT2D eigenvalue weighted by Gasteiger charge is 2.35. The van der Waals surface area contributed by atoms with Crippen LogP contribution in [-0.4, -0.2) is 79.8 Å². The van der Waals surface area contributed by atoms with Crippen molar-refractivity contribution < 1.29 is 8.42 Å². The number of nitrogens with one attached hydrogen (secondary N) is 2. The lowest BCUT2D eigenvalue weighted by Gasteiger charge is -2.32. The first-order valence-corrected chi connectivity index (χ1v) is 14.8. The fraction of sp³-hybridized carbons (Fsp3) is 0.500. The fourth-order valence-electron chi connectivity index (χ4n) is 4.18. The van der Waals surface area contributed by atoms with Crippen LogP contribution in [-0.2, 0) is 16.6 Å². The molecule has 0 bridgehead atoms. The fourth-order valence-corrected chi connectivity index (χ4v) is 6.92. The number of rotatable bonds is 10. The molecule has 3 aromatic rings. The Kier molecular flexibility index (Phi) is 7.57. The molecule has 2 aliphatic rings. The Morgan fingerprint density at radius 2 is 1.97 bits per heavy atom. The Bertz CT molecular complexity index is 1290. The molecule has 35 heavy (non-hydrogen) atoms. The van der Waals surface area contributed by atoms with Gasteiger partial charge >= 0.3 is 0 Å². The van der Waals surface area contributed by atoms with E-state index in [0.29, 0.717) is 23.2 Å². The van der Waals surface area contributed by atoms with Crippen molar-refractivity contribution in [3.05, 3.63) is 41.0 Å². The molecule has 0 spiro atoms. The molecule has 188 valence electrons. The van der Waals surface area contributed by atoms with Crippen LogP contribution in [0, 0.1) is 0 Å². The van der Waals surface area contributed by atoms with Crippen LogP contribution < -0.4 is 10.0 Å². The summed E-state index contributed by atoms with van der Waals surface area (Å²) in [4.78, 5) is 14.9. The number of thiophene rings is 1. The molecule has 1 saturated carbocycles. The van der Waals surface area contributed by atoms with Crippen molar-refractivity contribution in [1.29, 1.82) is 0 Å². The van der Waals surface area contributed by atoms with E-state index in [4.69, 9.17) is 16.6 Å². The topological polar surface area (TPSA) is 90.5 Å². The standard InChI is InChI=1S/C24H31ClN6O2S2/c1-30-9-11-31(12-10-30)8-2-7-26-24-27-16-20(25)23(29-24)22-14-18-4-3-17(13-21(18)34-22)15-28-35(32,33)19-5-6-19/h3-4,13-14,16,19,28H,2,5-12,15H2,1H3,(H,26,27,29). The van der Waals surface area contributed by atoms with Gasteiger partial charge in [0.15, 0.2) is 0 Å². The molecule has 3 heterocycles. The molecule has 2 N–H and O–H groups in total. The Morgan fingerprint density at radius 1 is 1.17 bits per heavy atom. The highest BCUT2D eigenvalue weighted by atomic mass is 35.5. The highest BCUT2D eigenvalue weighted by molar-refractivity contribution is 7.90. The molecule has 1 aromatic carbocycles. The number of aromatic nitrogens is 2. The van der Waals surface area contributed by atoms with E-state index in [1.165, 1.54) is 0 Å². The largest absolute Gasteiger partial charge is 0.354 e. The van der Waals surface area contributed by atoms with Crippen LogP contribution in [0.15, 0.2) is 30.5 Å². The molecular weight excluding hydrogens is 504 g/mol. The molecule has 8 nitrogen and oxygen atoms in total. The molecule has 2 fully saturated rings.